The fraction of sp³-hybridized carbons (Fsp3) is 0.375. The van der Waals surface area contributed by atoms with E-state index in [0.717, 1.165) is 6.08 Å². The number of aliphatic hydroxyl groups is 3. The Bertz CT molecular complexity index is 805. The van der Waals surface area contributed by atoms with Gasteiger partial charge in [-0.05, 0) is 6.92 Å². The molecule has 0 aliphatic heterocycles. The van der Waals surface area contributed by atoms with Crippen molar-refractivity contribution in [3.8, 4) is 11.5 Å². The van der Waals surface area contributed by atoms with Gasteiger partial charge in [-0.25, -0.2) is 0 Å². The molecule has 0 saturated carbocycles. The highest BCUT2D eigenvalue weighted by molar-refractivity contribution is 6.26. The van der Waals surface area contributed by atoms with Crippen LogP contribution in [0.3, 0.4) is 0 Å². The number of benzene rings is 1. The first-order valence-corrected chi connectivity index (χ1v) is 7.15. The highest BCUT2D eigenvalue weighted by Gasteiger charge is 2.47. The summed E-state index contributed by atoms with van der Waals surface area (Å²) in [5, 5.41) is 51.3. The number of allylic oxidation sites excluding steroid dienone is 2. The summed E-state index contributed by atoms with van der Waals surface area (Å²) in [6, 6.07) is 0. The van der Waals surface area contributed by atoms with Crippen LogP contribution in [0.4, 0.5) is 0 Å². The lowest BCUT2D eigenvalue weighted by Gasteiger charge is -2.39. The van der Waals surface area contributed by atoms with Crippen LogP contribution >= 0.6 is 0 Å². The second-order valence-electron chi connectivity index (χ2n) is 6.17. The molecule has 3 unspecified atom stereocenters. The van der Waals surface area contributed by atoms with Crippen LogP contribution in [0.1, 0.15) is 44.9 Å². The van der Waals surface area contributed by atoms with Crippen LogP contribution < -0.4 is 0 Å². The molecule has 0 radical (unpaired) electrons. The lowest BCUT2D eigenvalue weighted by atomic mass is 9.74. The van der Waals surface area contributed by atoms with E-state index < -0.39 is 52.0 Å². The Morgan fingerprint density at radius 3 is 2.38 bits per heavy atom. The summed E-state index contributed by atoms with van der Waals surface area (Å²) in [4.78, 5) is 24.6. The van der Waals surface area contributed by atoms with E-state index in [2.05, 4.69) is 0 Å². The summed E-state index contributed by atoms with van der Waals surface area (Å²) in [5.41, 5.74) is -3.09. The molecule has 5 N–H and O–H groups in total. The Hall–Kier alpha value is -2.42. The Balaban J connectivity index is 2.36. The minimum Gasteiger partial charge on any atom is -0.507 e. The first-order chi connectivity index (χ1) is 11.1. The van der Waals surface area contributed by atoms with E-state index in [1.54, 1.807) is 0 Å². The van der Waals surface area contributed by atoms with Gasteiger partial charge >= 0.3 is 0 Å². The summed E-state index contributed by atoms with van der Waals surface area (Å²) < 4.78 is 4.80. The van der Waals surface area contributed by atoms with Crippen molar-refractivity contribution in [3.63, 3.8) is 0 Å². The Morgan fingerprint density at radius 2 is 1.79 bits per heavy atom. The Morgan fingerprint density at radius 1 is 1.17 bits per heavy atom. The highest BCUT2D eigenvalue weighted by Crippen LogP contribution is 2.49. The topological polar surface area (TPSA) is 145 Å². The summed E-state index contributed by atoms with van der Waals surface area (Å²) >= 11 is 0. The second kappa shape index (κ2) is 5.04. The predicted octanol–water partition coefficient (Wildman–Crippen LogP) is -0.292. The lowest BCUT2D eigenvalue weighted by molar-refractivity contribution is -0.126. The van der Waals surface area contributed by atoms with Crippen molar-refractivity contribution in [2.24, 2.45) is 0 Å². The maximum Gasteiger partial charge on any atom is 0.232 e. The zero-order valence-corrected chi connectivity index (χ0v) is 12.9. The van der Waals surface area contributed by atoms with Crippen LogP contribution in [-0.4, -0.2) is 55.9 Å². The number of Topliss-reactive ketones (excluding diaryl/α,β-unsaturated/α-hetero) is 1. The average Bonchev–Trinajstić information content (AvgIpc) is 2.51. The molecule has 0 bridgehead atoms. The van der Waals surface area contributed by atoms with E-state index in [1.165, 1.54) is 14.0 Å². The number of carbonyl (C=O) groups excluding carboxylic acids is 2. The van der Waals surface area contributed by atoms with E-state index in [4.69, 9.17) is 4.74 Å². The molecule has 3 atom stereocenters. The van der Waals surface area contributed by atoms with Gasteiger partial charge in [-0.15, -0.1) is 0 Å². The number of phenolic OH excluding ortho intramolecular Hbond substituents is 2. The SMILES string of the molecule is COC1=CC(=O)c2c(O)c3c(c(O)c2C1=O)C(O)C(O)C(C)(O)C3. The van der Waals surface area contributed by atoms with Crippen LogP contribution in [0.5, 0.6) is 11.5 Å². The zero-order valence-electron chi connectivity index (χ0n) is 12.9. The second-order valence-corrected chi connectivity index (χ2v) is 6.17. The summed E-state index contributed by atoms with van der Waals surface area (Å²) in [7, 11) is 1.17. The number of hydrogen-bond acceptors (Lipinski definition) is 8. The quantitative estimate of drug-likeness (QED) is 0.440. The van der Waals surface area contributed by atoms with Gasteiger partial charge in [-0.1, -0.05) is 0 Å². The third-order valence-electron chi connectivity index (χ3n) is 4.54. The van der Waals surface area contributed by atoms with Gasteiger partial charge < -0.3 is 30.3 Å². The molecule has 128 valence electrons. The number of fused-ring (bicyclic) bond motifs is 2. The number of methoxy groups -OCH3 is 1. The zero-order chi connectivity index (χ0) is 18.0. The van der Waals surface area contributed by atoms with Crippen molar-refractivity contribution < 1.29 is 39.9 Å². The third kappa shape index (κ3) is 1.97. The summed E-state index contributed by atoms with van der Waals surface area (Å²) in [6.07, 6.45) is -2.84. The first kappa shape index (κ1) is 16.4. The maximum atomic E-state index is 12.4. The van der Waals surface area contributed by atoms with Gasteiger partial charge in [0, 0.05) is 23.6 Å². The molecular weight excluding hydrogens is 320 g/mol. The molecule has 0 amide bonds. The average molecular weight is 336 g/mol. The summed E-state index contributed by atoms with van der Waals surface area (Å²) in [5.74, 6) is -3.24. The van der Waals surface area contributed by atoms with Crippen molar-refractivity contribution in [1.82, 2.24) is 0 Å². The third-order valence-corrected chi connectivity index (χ3v) is 4.54. The number of ether oxygens (including phenoxy) is 1. The van der Waals surface area contributed by atoms with Crippen molar-refractivity contribution >= 4 is 11.6 Å². The van der Waals surface area contributed by atoms with Gasteiger partial charge in [-0.2, -0.15) is 0 Å². The monoisotopic (exact) mass is 336 g/mol. The number of phenols is 2. The smallest absolute Gasteiger partial charge is 0.232 e. The number of ketones is 2. The highest BCUT2D eigenvalue weighted by atomic mass is 16.5. The van der Waals surface area contributed by atoms with Gasteiger partial charge in [-0.3, -0.25) is 9.59 Å². The molecule has 0 heterocycles. The number of hydrogen-bond donors (Lipinski definition) is 5. The lowest BCUT2D eigenvalue weighted by Crippen LogP contribution is -2.48. The molecule has 2 aliphatic carbocycles. The molecule has 24 heavy (non-hydrogen) atoms. The van der Waals surface area contributed by atoms with Crippen LogP contribution in [-0.2, 0) is 11.2 Å². The first-order valence-electron chi connectivity index (χ1n) is 7.15. The fourth-order valence-electron chi connectivity index (χ4n) is 3.24. The van der Waals surface area contributed by atoms with E-state index in [1.807, 2.05) is 0 Å². The molecule has 0 aromatic heterocycles. The normalized spacial score (nSPS) is 29.0. The molecular formula is C16H16O8. The number of aromatic hydroxyl groups is 2. The molecule has 8 heteroatoms. The molecule has 0 spiro atoms. The van der Waals surface area contributed by atoms with E-state index in [0.29, 0.717) is 0 Å². The minimum absolute atomic E-state index is 0.0931. The van der Waals surface area contributed by atoms with Gasteiger partial charge in [0.2, 0.25) is 5.78 Å². The Labute approximate surface area is 136 Å². The standard InChI is InChI=1S/C16H16O8/c1-16(23)4-5-8(14(21)15(16)22)13(20)10-9(11(5)18)6(17)3-7(24-2)12(10)19/h3,14-15,18,20-23H,4H2,1-2H3. The molecule has 2 aliphatic rings. The fourth-order valence-corrected chi connectivity index (χ4v) is 3.24. The number of carbonyl (C=O) groups is 2. The molecule has 1 aromatic rings. The molecule has 8 nitrogen and oxygen atoms in total. The van der Waals surface area contributed by atoms with Crippen molar-refractivity contribution in [2.75, 3.05) is 7.11 Å². The molecule has 0 fully saturated rings. The largest absolute Gasteiger partial charge is 0.507 e. The van der Waals surface area contributed by atoms with Crippen molar-refractivity contribution in [1.29, 1.82) is 0 Å². The van der Waals surface area contributed by atoms with Crippen LogP contribution in [0.15, 0.2) is 11.8 Å². The van der Waals surface area contributed by atoms with Crippen LogP contribution in [0, 0.1) is 0 Å². The maximum absolute atomic E-state index is 12.4. The Kier molecular flexibility index (Phi) is 3.45. The van der Waals surface area contributed by atoms with Gasteiger partial charge in [0.15, 0.2) is 11.5 Å². The van der Waals surface area contributed by atoms with Crippen molar-refractivity contribution in [3.05, 3.63) is 34.1 Å². The van der Waals surface area contributed by atoms with Gasteiger partial charge in [0.1, 0.15) is 23.7 Å². The molecule has 1 aromatic carbocycles. The van der Waals surface area contributed by atoms with E-state index in [9.17, 15) is 35.1 Å². The molecule has 3 rings (SSSR count). The minimum atomic E-state index is -1.79. The van der Waals surface area contributed by atoms with Crippen molar-refractivity contribution in [2.45, 2.75) is 31.2 Å². The number of rotatable bonds is 1. The van der Waals surface area contributed by atoms with Gasteiger partial charge in [0.05, 0.1) is 23.8 Å². The van der Waals surface area contributed by atoms with Gasteiger partial charge in [0.25, 0.3) is 0 Å². The van der Waals surface area contributed by atoms with E-state index >= 15 is 0 Å². The predicted molar refractivity (Wildman–Crippen MR) is 78.8 cm³/mol. The van der Waals surface area contributed by atoms with Crippen LogP contribution in [0.2, 0.25) is 0 Å². The van der Waals surface area contributed by atoms with Crippen LogP contribution in [0.25, 0.3) is 0 Å². The summed E-state index contributed by atoms with van der Waals surface area (Å²) in [6.45, 7) is 1.25. The molecule has 0 saturated heterocycles. The van der Waals surface area contributed by atoms with E-state index in [-0.39, 0.29) is 23.3 Å². The number of aliphatic hydroxyl groups excluding tert-OH is 2.